The van der Waals surface area contributed by atoms with E-state index in [2.05, 4.69) is 62.1 Å². The van der Waals surface area contributed by atoms with Gasteiger partial charge in [0.1, 0.15) is 5.82 Å². The van der Waals surface area contributed by atoms with Crippen molar-refractivity contribution in [2.24, 2.45) is 5.41 Å². The van der Waals surface area contributed by atoms with Crippen molar-refractivity contribution >= 4 is 5.82 Å². The second-order valence-electron chi connectivity index (χ2n) is 6.35. The maximum atomic E-state index is 5.00. The lowest BCUT2D eigenvalue weighted by atomic mass is 9.87. The Hall–Kier alpha value is -1.13. The highest BCUT2D eigenvalue weighted by molar-refractivity contribution is 5.39. The predicted molar refractivity (Wildman–Crippen MR) is 85.1 cm³/mol. The Kier molecular flexibility index (Phi) is 6.43. The number of anilines is 1. The van der Waals surface area contributed by atoms with Crippen LogP contribution in [0.25, 0.3) is 0 Å². The maximum Gasteiger partial charge on any atom is 0.128 e. The van der Waals surface area contributed by atoms with Gasteiger partial charge in [-0.15, -0.1) is 0 Å². The summed E-state index contributed by atoms with van der Waals surface area (Å²) in [5, 5.41) is 3.32. The molecule has 1 rings (SSSR count). The van der Waals surface area contributed by atoms with Crippen LogP contribution in [0.4, 0.5) is 5.82 Å². The molecule has 0 aliphatic rings. The van der Waals surface area contributed by atoms with Crippen molar-refractivity contribution in [3.8, 4) is 0 Å². The van der Waals surface area contributed by atoms with Gasteiger partial charge >= 0.3 is 0 Å². The predicted octanol–water partition coefficient (Wildman–Crippen LogP) is 2.69. The average molecular weight is 279 g/mol. The Labute approximate surface area is 123 Å². The van der Waals surface area contributed by atoms with Crippen molar-refractivity contribution in [1.82, 2.24) is 10.3 Å². The molecule has 1 N–H and O–H groups in total. The molecule has 0 aliphatic carbocycles. The van der Waals surface area contributed by atoms with Crippen LogP contribution in [-0.2, 0) is 11.3 Å². The van der Waals surface area contributed by atoms with Gasteiger partial charge < -0.3 is 15.0 Å². The summed E-state index contributed by atoms with van der Waals surface area (Å²) in [5.74, 6) is 1.02. The first-order chi connectivity index (χ1) is 9.36. The molecule has 114 valence electrons. The van der Waals surface area contributed by atoms with Gasteiger partial charge in [-0.25, -0.2) is 4.98 Å². The fourth-order valence-electron chi connectivity index (χ4n) is 1.92. The maximum absolute atomic E-state index is 5.00. The molecule has 1 atom stereocenters. The highest BCUT2D eigenvalue weighted by Gasteiger charge is 2.24. The fourth-order valence-corrected chi connectivity index (χ4v) is 1.92. The molecule has 0 aliphatic heterocycles. The van der Waals surface area contributed by atoms with Crippen LogP contribution in [-0.4, -0.2) is 38.3 Å². The summed E-state index contributed by atoms with van der Waals surface area (Å²) in [6, 6.07) is 4.66. The Morgan fingerprint density at radius 3 is 2.55 bits per heavy atom. The summed E-state index contributed by atoms with van der Waals surface area (Å²) in [6.07, 6.45) is 1.95. The van der Waals surface area contributed by atoms with E-state index in [1.54, 1.807) is 7.11 Å². The monoisotopic (exact) mass is 279 g/mol. The van der Waals surface area contributed by atoms with Gasteiger partial charge in [-0.05, 0) is 24.0 Å². The van der Waals surface area contributed by atoms with E-state index in [1.807, 2.05) is 6.20 Å². The highest BCUT2D eigenvalue weighted by atomic mass is 16.5. The molecule has 0 saturated heterocycles. The van der Waals surface area contributed by atoms with Crippen molar-refractivity contribution < 1.29 is 4.74 Å². The fraction of sp³-hybridized carbons (Fsp3) is 0.688. The van der Waals surface area contributed by atoms with E-state index < -0.39 is 0 Å². The quantitative estimate of drug-likeness (QED) is 0.779. The number of methoxy groups -OCH3 is 1. The van der Waals surface area contributed by atoms with Gasteiger partial charge in [-0.2, -0.15) is 0 Å². The van der Waals surface area contributed by atoms with E-state index in [0.717, 1.165) is 25.5 Å². The Morgan fingerprint density at radius 2 is 2.05 bits per heavy atom. The lowest BCUT2D eigenvalue weighted by Gasteiger charge is -2.36. The molecule has 1 aromatic rings. The number of hydrogen-bond acceptors (Lipinski definition) is 4. The van der Waals surface area contributed by atoms with Crippen molar-refractivity contribution in [2.75, 3.05) is 32.2 Å². The molecule has 20 heavy (non-hydrogen) atoms. The first kappa shape index (κ1) is 16.9. The molecule has 0 spiro atoms. The van der Waals surface area contributed by atoms with Crippen LogP contribution < -0.4 is 10.2 Å². The molecule has 1 aromatic heterocycles. The average Bonchev–Trinajstić information content (AvgIpc) is 2.41. The number of nitrogens with zero attached hydrogens (tertiary/aromatic N) is 2. The molecule has 0 radical (unpaired) electrons. The van der Waals surface area contributed by atoms with E-state index in [0.29, 0.717) is 6.04 Å². The van der Waals surface area contributed by atoms with Crippen molar-refractivity contribution in [2.45, 2.75) is 40.3 Å². The third kappa shape index (κ3) is 5.10. The SMILES string of the molecule is COCCNCc1ccc(N(C)C(C)C(C)(C)C)nc1. The first-order valence-corrected chi connectivity index (χ1v) is 7.23. The third-order valence-corrected chi connectivity index (χ3v) is 3.82. The largest absolute Gasteiger partial charge is 0.383 e. The molecular weight excluding hydrogens is 250 g/mol. The lowest BCUT2D eigenvalue weighted by molar-refractivity contribution is 0.199. The minimum Gasteiger partial charge on any atom is -0.383 e. The van der Waals surface area contributed by atoms with E-state index >= 15 is 0 Å². The summed E-state index contributed by atoms with van der Waals surface area (Å²) < 4.78 is 5.00. The summed E-state index contributed by atoms with van der Waals surface area (Å²) in [5.41, 5.74) is 1.43. The molecule has 4 heteroatoms. The van der Waals surface area contributed by atoms with Crippen LogP contribution in [0.5, 0.6) is 0 Å². The second kappa shape index (κ2) is 7.60. The highest BCUT2D eigenvalue weighted by Crippen LogP contribution is 2.26. The van der Waals surface area contributed by atoms with E-state index in [4.69, 9.17) is 4.74 Å². The Morgan fingerprint density at radius 1 is 1.35 bits per heavy atom. The normalized spacial score (nSPS) is 13.3. The van der Waals surface area contributed by atoms with E-state index in [9.17, 15) is 0 Å². The molecule has 0 aromatic carbocycles. The molecule has 0 fully saturated rings. The second-order valence-corrected chi connectivity index (χ2v) is 6.35. The summed E-state index contributed by atoms with van der Waals surface area (Å²) in [6.45, 7) is 11.4. The molecule has 1 unspecified atom stereocenters. The van der Waals surface area contributed by atoms with Gasteiger partial charge in [0, 0.05) is 39.5 Å². The standard InChI is InChI=1S/C16H29N3O/c1-13(16(2,3)4)19(5)15-8-7-14(12-18-15)11-17-9-10-20-6/h7-8,12-13,17H,9-11H2,1-6H3. The van der Waals surface area contributed by atoms with Gasteiger partial charge in [0.2, 0.25) is 0 Å². The first-order valence-electron chi connectivity index (χ1n) is 7.23. The summed E-state index contributed by atoms with van der Waals surface area (Å²) in [7, 11) is 3.82. The number of nitrogens with one attached hydrogen (secondary N) is 1. The van der Waals surface area contributed by atoms with Gasteiger partial charge in [0.15, 0.2) is 0 Å². The van der Waals surface area contributed by atoms with Gasteiger partial charge in [0.05, 0.1) is 6.61 Å². The molecular formula is C16H29N3O. The number of pyridine rings is 1. The Balaban J connectivity index is 2.57. The van der Waals surface area contributed by atoms with Crippen LogP contribution in [0.3, 0.4) is 0 Å². The number of rotatable bonds is 7. The summed E-state index contributed by atoms with van der Waals surface area (Å²) in [4.78, 5) is 6.80. The molecule has 1 heterocycles. The van der Waals surface area contributed by atoms with Crippen molar-refractivity contribution in [1.29, 1.82) is 0 Å². The van der Waals surface area contributed by atoms with Gasteiger partial charge in [-0.3, -0.25) is 0 Å². The van der Waals surface area contributed by atoms with Crippen LogP contribution in [0.15, 0.2) is 18.3 Å². The van der Waals surface area contributed by atoms with Crippen LogP contribution >= 0.6 is 0 Å². The number of hydrogen-bond donors (Lipinski definition) is 1. The topological polar surface area (TPSA) is 37.4 Å². The van der Waals surface area contributed by atoms with E-state index in [-0.39, 0.29) is 5.41 Å². The number of aromatic nitrogens is 1. The van der Waals surface area contributed by atoms with Crippen LogP contribution in [0.2, 0.25) is 0 Å². The minimum absolute atomic E-state index is 0.233. The van der Waals surface area contributed by atoms with Crippen molar-refractivity contribution in [3.05, 3.63) is 23.9 Å². The Bertz CT molecular complexity index is 384. The smallest absolute Gasteiger partial charge is 0.128 e. The zero-order valence-corrected chi connectivity index (χ0v) is 13.7. The zero-order valence-electron chi connectivity index (χ0n) is 13.7. The zero-order chi connectivity index (χ0) is 15.2. The summed E-state index contributed by atoms with van der Waals surface area (Å²) >= 11 is 0. The van der Waals surface area contributed by atoms with E-state index in [1.165, 1.54) is 5.56 Å². The molecule has 0 saturated carbocycles. The minimum atomic E-state index is 0.233. The van der Waals surface area contributed by atoms with Crippen molar-refractivity contribution in [3.63, 3.8) is 0 Å². The third-order valence-electron chi connectivity index (χ3n) is 3.82. The lowest BCUT2D eigenvalue weighted by Crippen LogP contribution is -2.39. The van der Waals surface area contributed by atoms with Gasteiger partial charge in [-0.1, -0.05) is 26.8 Å². The molecule has 0 amide bonds. The van der Waals surface area contributed by atoms with Crippen LogP contribution in [0.1, 0.15) is 33.3 Å². The van der Waals surface area contributed by atoms with Crippen LogP contribution in [0, 0.1) is 5.41 Å². The van der Waals surface area contributed by atoms with Gasteiger partial charge in [0.25, 0.3) is 0 Å². The molecule has 4 nitrogen and oxygen atoms in total. The molecule has 0 bridgehead atoms. The number of ether oxygens (including phenoxy) is 1.